The van der Waals surface area contributed by atoms with Gasteiger partial charge in [0, 0.05) is 12.9 Å². The highest BCUT2D eigenvalue weighted by Crippen LogP contribution is 1.88. The lowest BCUT2D eigenvalue weighted by Crippen LogP contribution is -2.40. The zero-order valence-electron chi connectivity index (χ0n) is 6.60. The van der Waals surface area contributed by atoms with Crippen LogP contribution in [-0.4, -0.2) is 31.1 Å². The van der Waals surface area contributed by atoms with Crippen LogP contribution in [0.15, 0.2) is 0 Å². The van der Waals surface area contributed by atoms with E-state index in [2.05, 4.69) is 10.6 Å². The first-order valence-electron chi connectivity index (χ1n) is 3.16. The number of amides is 1. The summed E-state index contributed by atoms with van der Waals surface area (Å²) < 4.78 is 0. The van der Waals surface area contributed by atoms with Crippen molar-refractivity contribution in [2.45, 2.75) is 13.0 Å². The summed E-state index contributed by atoms with van der Waals surface area (Å²) in [5.74, 6) is 0.850. The van der Waals surface area contributed by atoms with E-state index >= 15 is 0 Å². The van der Waals surface area contributed by atoms with Crippen LogP contribution in [0.4, 0.5) is 0 Å². The predicted octanol–water partition coefficient (Wildman–Crippen LogP) is 0.0310. The summed E-state index contributed by atoms with van der Waals surface area (Å²) in [5.41, 5.74) is 0. The molecule has 0 aromatic carbocycles. The van der Waals surface area contributed by atoms with E-state index in [4.69, 9.17) is 0 Å². The van der Waals surface area contributed by atoms with Crippen LogP contribution in [0.5, 0.6) is 0 Å². The Morgan fingerprint density at radius 3 is 2.70 bits per heavy atom. The fraction of sp³-hybridized carbons (Fsp3) is 0.833. The lowest BCUT2D eigenvalue weighted by Gasteiger charge is -2.09. The van der Waals surface area contributed by atoms with Crippen molar-refractivity contribution >= 4 is 17.7 Å². The van der Waals surface area contributed by atoms with Gasteiger partial charge in [-0.1, -0.05) is 0 Å². The second-order valence-electron chi connectivity index (χ2n) is 1.97. The normalized spacial score (nSPS) is 12.7. The summed E-state index contributed by atoms with van der Waals surface area (Å²) in [7, 11) is 1.64. The van der Waals surface area contributed by atoms with Crippen LogP contribution in [-0.2, 0) is 4.79 Å². The van der Waals surface area contributed by atoms with Crippen LogP contribution in [0.1, 0.15) is 6.92 Å². The first kappa shape index (κ1) is 9.78. The van der Waals surface area contributed by atoms with Crippen LogP contribution in [0.2, 0.25) is 0 Å². The maximum atomic E-state index is 10.8. The second-order valence-corrected chi connectivity index (χ2v) is 2.84. The lowest BCUT2D eigenvalue weighted by molar-refractivity contribution is -0.122. The largest absolute Gasteiger partial charge is 0.358 e. The molecule has 0 aliphatic rings. The molecule has 10 heavy (non-hydrogen) atoms. The Morgan fingerprint density at radius 1 is 1.70 bits per heavy atom. The van der Waals surface area contributed by atoms with E-state index in [0.717, 1.165) is 5.88 Å². The highest BCUT2D eigenvalue weighted by molar-refractivity contribution is 7.98. The van der Waals surface area contributed by atoms with E-state index < -0.39 is 0 Å². The quantitative estimate of drug-likeness (QED) is 0.573. The first-order chi connectivity index (χ1) is 4.72. The molecule has 0 aliphatic carbocycles. The van der Waals surface area contributed by atoms with Gasteiger partial charge in [-0.25, -0.2) is 0 Å². The van der Waals surface area contributed by atoms with E-state index in [1.165, 1.54) is 0 Å². The summed E-state index contributed by atoms with van der Waals surface area (Å²) in [6, 6.07) is -0.0857. The van der Waals surface area contributed by atoms with Crippen molar-refractivity contribution in [3.8, 4) is 0 Å². The highest BCUT2D eigenvalue weighted by atomic mass is 32.2. The molecular weight excluding hydrogens is 148 g/mol. The molecular formula is C6H14N2OS. The highest BCUT2D eigenvalue weighted by Gasteiger charge is 2.07. The van der Waals surface area contributed by atoms with Gasteiger partial charge in [0.25, 0.3) is 0 Å². The number of carbonyl (C=O) groups is 1. The molecule has 0 rings (SSSR count). The van der Waals surface area contributed by atoms with Gasteiger partial charge in [0.2, 0.25) is 5.91 Å². The molecule has 4 heteroatoms. The van der Waals surface area contributed by atoms with Crippen molar-refractivity contribution in [2.24, 2.45) is 0 Å². The Balaban J connectivity index is 3.41. The Hall–Kier alpha value is -0.220. The number of carbonyl (C=O) groups excluding carboxylic acids is 1. The molecule has 1 unspecified atom stereocenters. The molecule has 0 saturated carbocycles. The SMILES string of the molecule is CNC(=O)C(C)NCSC. The van der Waals surface area contributed by atoms with E-state index in [-0.39, 0.29) is 11.9 Å². The van der Waals surface area contributed by atoms with E-state index in [0.29, 0.717) is 0 Å². The minimum absolute atomic E-state index is 0.0362. The molecule has 0 aromatic heterocycles. The molecule has 2 N–H and O–H groups in total. The van der Waals surface area contributed by atoms with Crippen LogP contribution in [0.3, 0.4) is 0 Å². The summed E-state index contributed by atoms with van der Waals surface area (Å²) in [6.45, 7) is 1.84. The lowest BCUT2D eigenvalue weighted by atomic mass is 10.3. The van der Waals surface area contributed by atoms with Gasteiger partial charge in [0.15, 0.2) is 0 Å². The smallest absolute Gasteiger partial charge is 0.236 e. The summed E-state index contributed by atoms with van der Waals surface area (Å²) in [4.78, 5) is 10.8. The number of thioether (sulfide) groups is 1. The maximum absolute atomic E-state index is 10.8. The average Bonchev–Trinajstić information content (AvgIpc) is 1.98. The summed E-state index contributed by atoms with van der Waals surface area (Å²) in [5, 5.41) is 5.60. The zero-order chi connectivity index (χ0) is 7.98. The van der Waals surface area contributed by atoms with Crippen molar-refractivity contribution in [3.63, 3.8) is 0 Å². The molecule has 0 saturated heterocycles. The maximum Gasteiger partial charge on any atom is 0.236 e. The molecule has 0 aliphatic heterocycles. The Bertz CT molecular complexity index is 108. The fourth-order valence-electron chi connectivity index (χ4n) is 0.518. The van der Waals surface area contributed by atoms with Crippen LogP contribution in [0.25, 0.3) is 0 Å². The van der Waals surface area contributed by atoms with Gasteiger partial charge in [0.05, 0.1) is 6.04 Å². The number of likely N-dealkylation sites (N-methyl/N-ethyl adjacent to an activating group) is 1. The molecule has 3 nitrogen and oxygen atoms in total. The molecule has 1 amide bonds. The van der Waals surface area contributed by atoms with Gasteiger partial charge in [-0.05, 0) is 13.2 Å². The number of rotatable bonds is 4. The molecule has 0 bridgehead atoms. The third-order valence-electron chi connectivity index (χ3n) is 1.17. The van der Waals surface area contributed by atoms with Crippen LogP contribution < -0.4 is 10.6 Å². The van der Waals surface area contributed by atoms with E-state index in [1.54, 1.807) is 18.8 Å². The molecule has 0 spiro atoms. The molecule has 0 radical (unpaired) electrons. The summed E-state index contributed by atoms with van der Waals surface area (Å²) in [6.07, 6.45) is 1.99. The van der Waals surface area contributed by atoms with Crippen molar-refractivity contribution in [1.29, 1.82) is 0 Å². The third kappa shape index (κ3) is 3.74. The van der Waals surface area contributed by atoms with Crippen molar-refractivity contribution in [3.05, 3.63) is 0 Å². The fourth-order valence-corrected chi connectivity index (χ4v) is 0.934. The molecule has 0 fully saturated rings. The molecule has 1 atom stereocenters. The molecule has 0 aromatic rings. The molecule has 0 heterocycles. The van der Waals surface area contributed by atoms with Crippen LogP contribution >= 0.6 is 11.8 Å². The number of nitrogens with one attached hydrogen (secondary N) is 2. The van der Waals surface area contributed by atoms with Crippen molar-refractivity contribution < 1.29 is 4.79 Å². The molecule has 60 valence electrons. The van der Waals surface area contributed by atoms with Gasteiger partial charge >= 0.3 is 0 Å². The van der Waals surface area contributed by atoms with Crippen LogP contribution in [0, 0.1) is 0 Å². The Kier molecular flexibility index (Phi) is 5.43. The monoisotopic (exact) mass is 162 g/mol. The second kappa shape index (κ2) is 5.56. The van der Waals surface area contributed by atoms with Gasteiger partial charge < -0.3 is 5.32 Å². The first-order valence-corrected chi connectivity index (χ1v) is 4.55. The Labute approximate surface area is 65.9 Å². The minimum atomic E-state index is -0.0857. The van der Waals surface area contributed by atoms with Crippen molar-refractivity contribution in [1.82, 2.24) is 10.6 Å². The Morgan fingerprint density at radius 2 is 2.30 bits per heavy atom. The third-order valence-corrected chi connectivity index (χ3v) is 1.63. The van der Waals surface area contributed by atoms with E-state index in [1.807, 2.05) is 13.2 Å². The van der Waals surface area contributed by atoms with E-state index in [9.17, 15) is 4.79 Å². The zero-order valence-corrected chi connectivity index (χ0v) is 7.42. The van der Waals surface area contributed by atoms with Gasteiger partial charge in [0.1, 0.15) is 0 Å². The van der Waals surface area contributed by atoms with Crippen molar-refractivity contribution in [2.75, 3.05) is 19.2 Å². The summed E-state index contributed by atoms with van der Waals surface area (Å²) >= 11 is 1.67. The standard InChI is InChI=1S/C6H14N2OS/c1-5(6(9)7-2)8-4-10-3/h5,8H,4H2,1-3H3,(H,7,9). The predicted molar refractivity (Wildman–Crippen MR) is 45.0 cm³/mol. The topological polar surface area (TPSA) is 41.1 Å². The minimum Gasteiger partial charge on any atom is -0.358 e. The number of hydrogen-bond acceptors (Lipinski definition) is 3. The number of hydrogen-bond donors (Lipinski definition) is 2. The van der Waals surface area contributed by atoms with Gasteiger partial charge in [-0.15, -0.1) is 11.8 Å². The van der Waals surface area contributed by atoms with Gasteiger partial charge in [-0.2, -0.15) is 0 Å². The van der Waals surface area contributed by atoms with Gasteiger partial charge in [-0.3, -0.25) is 10.1 Å². The average molecular weight is 162 g/mol.